The standard InChI is InChI=1S/C79H136O17P2/c1-5-9-13-17-21-25-29-33-36-40-43-47-51-55-59-63-76(81)89-69-74(95-78(83)65-61-57-53-49-45-39-32-28-24-20-16-12-8-4)71-93-97(85,86)91-67-73(80)68-92-98(87,88)94-72-75(96-79(84)66-62-58-54-50-46-42-38-35-31-27-23-19-15-11-7-3)70-90-77(82)64-60-56-52-48-44-41-37-34-30-26-22-18-14-10-6-2/h9,13,16,20-22,25-26,28,32-38,43,47,73-75,80H,5-8,10-12,14-15,17-19,23-24,27,29-31,39-42,44-46,48-72H2,1-4H3,(H,85,86)(H,87,88)/b13-9-,20-16-,25-21-,26-22-,32-28-,36-33-,37-34-,38-35-,47-43-. The van der Waals surface area contributed by atoms with Crippen molar-refractivity contribution in [3.05, 3.63) is 109 Å². The predicted octanol–water partition coefficient (Wildman–Crippen LogP) is 21.8. The van der Waals surface area contributed by atoms with E-state index in [2.05, 4.69) is 137 Å². The number of esters is 4. The van der Waals surface area contributed by atoms with Crippen LogP contribution in [0.2, 0.25) is 0 Å². The Morgan fingerprint density at radius 2 is 0.551 bits per heavy atom. The van der Waals surface area contributed by atoms with E-state index < -0.39 is 97.5 Å². The molecule has 3 N–H and O–H groups in total. The van der Waals surface area contributed by atoms with Gasteiger partial charge in [-0.3, -0.25) is 37.3 Å². The predicted molar refractivity (Wildman–Crippen MR) is 399 cm³/mol. The molecule has 5 atom stereocenters. The molecule has 0 spiro atoms. The molecule has 0 aliphatic heterocycles. The minimum atomic E-state index is -4.99. The fraction of sp³-hybridized carbons (Fsp3) is 0.722. The summed E-state index contributed by atoms with van der Waals surface area (Å²) in [6.07, 6.45) is 75.1. The lowest BCUT2D eigenvalue weighted by Gasteiger charge is -2.21. The Morgan fingerprint density at radius 3 is 0.908 bits per heavy atom. The molecule has 0 aromatic carbocycles. The number of carbonyl (C=O) groups is 4. The summed E-state index contributed by atoms with van der Waals surface area (Å²) in [4.78, 5) is 72.8. The maximum absolute atomic E-state index is 13.1. The van der Waals surface area contributed by atoms with Crippen molar-refractivity contribution in [2.45, 2.75) is 329 Å². The molecule has 564 valence electrons. The number of unbranched alkanes of at least 4 members (excludes halogenated alkanes) is 27. The first-order valence-electron chi connectivity index (χ1n) is 38.1. The summed E-state index contributed by atoms with van der Waals surface area (Å²) in [6, 6.07) is 0. The monoisotopic (exact) mass is 1420 g/mol. The minimum Gasteiger partial charge on any atom is -0.462 e. The van der Waals surface area contributed by atoms with E-state index in [-0.39, 0.29) is 25.7 Å². The van der Waals surface area contributed by atoms with Gasteiger partial charge in [-0.05, 0) is 148 Å². The van der Waals surface area contributed by atoms with E-state index in [0.717, 1.165) is 173 Å². The van der Waals surface area contributed by atoms with Gasteiger partial charge in [0.25, 0.3) is 0 Å². The highest BCUT2D eigenvalue weighted by Crippen LogP contribution is 2.45. The molecule has 0 aliphatic rings. The summed E-state index contributed by atoms with van der Waals surface area (Å²) in [6.45, 7) is 4.58. The van der Waals surface area contributed by atoms with Crippen LogP contribution in [0.5, 0.6) is 0 Å². The normalized spacial score (nSPS) is 14.6. The molecule has 0 saturated carbocycles. The Kier molecular flexibility index (Phi) is 68.0. The van der Waals surface area contributed by atoms with E-state index in [9.17, 15) is 43.2 Å². The molecule has 0 heterocycles. The van der Waals surface area contributed by atoms with Gasteiger partial charge in [0.2, 0.25) is 0 Å². The zero-order valence-electron chi connectivity index (χ0n) is 61.4. The number of aliphatic hydroxyl groups excluding tert-OH is 1. The Balaban J connectivity index is 5.40. The summed E-state index contributed by atoms with van der Waals surface area (Å²) >= 11 is 0. The Bertz CT molecular complexity index is 2290. The molecule has 0 aromatic rings. The number of phosphoric acid groups is 2. The summed E-state index contributed by atoms with van der Waals surface area (Å²) in [5.41, 5.74) is 0. The average Bonchev–Trinajstić information content (AvgIpc) is 0.959. The van der Waals surface area contributed by atoms with Crippen LogP contribution in [0.25, 0.3) is 0 Å². The van der Waals surface area contributed by atoms with Crippen LogP contribution < -0.4 is 0 Å². The lowest BCUT2D eigenvalue weighted by molar-refractivity contribution is -0.161. The summed E-state index contributed by atoms with van der Waals surface area (Å²) in [5.74, 6) is -2.26. The van der Waals surface area contributed by atoms with Gasteiger partial charge < -0.3 is 33.8 Å². The van der Waals surface area contributed by atoms with Gasteiger partial charge in [0.1, 0.15) is 19.3 Å². The molecule has 0 amide bonds. The van der Waals surface area contributed by atoms with Gasteiger partial charge in [-0.1, -0.05) is 246 Å². The number of phosphoric ester groups is 2. The molecule has 0 fully saturated rings. The number of allylic oxidation sites excluding steroid dienone is 18. The van der Waals surface area contributed by atoms with Crippen LogP contribution in [0, 0.1) is 0 Å². The van der Waals surface area contributed by atoms with Crippen LogP contribution in [0.15, 0.2) is 109 Å². The third kappa shape index (κ3) is 70.2. The maximum Gasteiger partial charge on any atom is 0.472 e. The second-order valence-corrected chi connectivity index (χ2v) is 28.1. The molecular formula is C79H136O17P2. The topological polar surface area (TPSA) is 237 Å². The zero-order chi connectivity index (χ0) is 71.8. The molecule has 0 radical (unpaired) electrons. The number of hydrogen-bond acceptors (Lipinski definition) is 15. The van der Waals surface area contributed by atoms with Gasteiger partial charge in [-0.25, -0.2) is 9.13 Å². The van der Waals surface area contributed by atoms with Crippen molar-refractivity contribution in [3.63, 3.8) is 0 Å². The zero-order valence-corrected chi connectivity index (χ0v) is 63.2. The quantitative estimate of drug-likeness (QED) is 0.0169. The van der Waals surface area contributed by atoms with Crippen molar-refractivity contribution in [2.24, 2.45) is 0 Å². The van der Waals surface area contributed by atoms with Gasteiger partial charge in [0, 0.05) is 25.7 Å². The van der Waals surface area contributed by atoms with Crippen molar-refractivity contribution in [3.8, 4) is 0 Å². The van der Waals surface area contributed by atoms with E-state index in [0.29, 0.717) is 25.7 Å². The highest BCUT2D eigenvalue weighted by atomic mass is 31.2. The van der Waals surface area contributed by atoms with Gasteiger partial charge >= 0.3 is 39.5 Å². The molecule has 19 heteroatoms. The average molecular weight is 1420 g/mol. The van der Waals surface area contributed by atoms with Crippen LogP contribution in [-0.4, -0.2) is 96.7 Å². The van der Waals surface area contributed by atoms with Gasteiger partial charge in [-0.2, -0.15) is 0 Å². The van der Waals surface area contributed by atoms with E-state index in [1.165, 1.54) is 57.8 Å². The molecule has 0 rings (SSSR count). The lowest BCUT2D eigenvalue weighted by atomic mass is 10.1. The van der Waals surface area contributed by atoms with Crippen molar-refractivity contribution in [1.29, 1.82) is 0 Å². The highest BCUT2D eigenvalue weighted by molar-refractivity contribution is 7.47. The molecular weight excluding hydrogens is 1280 g/mol. The Morgan fingerprint density at radius 1 is 0.296 bits per heavy atom. The van der Waals surface area contributed by atoms with Crippen LogP contribution >= 0.6 is 15.6 Å². The molecule has 0 aliphatic carbocycles. The molecule has 98 heavy (non-hydrogen) atoms. The van der Waals surface area contributed by atoms with E-state index >= 15 is 0 Å². The Hall–Kier alpha value is -4.28. The summed E-state index contributed by atoms with van der Waals surface area (Å²) < 4.78 is 68.4. The fourth-order valence-electron chi connectivity index (χ4n) is 9.86. The third-order valence-corrected chi connectivity index (χ3v) is 17.6. The van der Waals surface area contributed by atoms with Crippen molar-refractivity contribution in [1.82, 2.24) is 0 Å². The van der Waals surface area contributed by atoms with Crippen LogP contribution in [-0.2, 0) is 65.4 Å². The molecule has 0 aromatic heterocycles. The third-order valence-electron chi connectivity index (χ3n) is 15.7. The smallest absolute Gasteiger partial charge is 0.462 e. The largest absolute Gasteiger partial charge is 0.472 e. The molecule has 5 unspecified atom stereocenters. The first-order chi connectivity index (χ1) is 47.7. The first-order valence-corrected chi connectivity index (χ1v) is 41.1. The van der Waals surface area contributed by atoms with Crippen LogP contribution in [0.1, 0.15) is 310 Å². The van der Waals surface area contributed by atoms with Crippen molar-refractivity contribution < 1.29 is 80.2 Å². The van der Waals surface area contributed by atoms with Crippen LogP contribution in [0.4, 0.5) is 0 Å². The summed E-state index contributed by atoms with van der Waals surface area (Å²) in [5, 5.41) is 10.6. The number of ether oxygens (including phenoxy) is 4. The minimum absolute atomic E-state index is 0.0677. The number of rotatable bonds is 71. The van der Waals surface area contributed by atoms with Gasteiger partial charge in [-0.15, -0.1) is 0 Å². The number of hydrogen-bond donors (Lipinski definition) is 3. The lowest BCUT2D eigenvalue weighted by Crippen LogP contribution is -2.30. The van der Waals surface area contributed by atoms with Gasteiger partial charge in [0.15, 0.2) is 12.2 Å². The molecule has 0 bridgehead atoms. The van der Waals surface area contributed by atoms with E-state index in [1.54, 1.807) is 0 Å². The molecule has 17 nitrogen and oxygen atoms in total. The number of aliphatic hydroxyl groups is 1. The Labute approximate surface area is 594 Å². The number of carbonyl (C=O) groups excluding carboxylic acids is 4. The second-order valence-electron chi connectivity index (χ2n) is 25.2. The van der Waals surface area contributed by atoms with Crippen LogP contribution in [0.3, 0.4) is 0 Å². The molecule has 0 saturated heterocycles. The summed E-state index contributed by atoms with van der Waals surface area (Å²) in [7, 11) is -9.97. The van der Waals surface area contributed by atoms with Crippen molar-refractivity contribution >= 4 is 39.5 Å². The maximum atomic E-state index is 13.1. The van der Waals surface area contributed by atoms with E-state index in [1.807, 2.05) is 0 Å². The SMILES string of the molecule is CC/C=C\C/C=C\C/C=C\C/C=C\CCCCC(=O)OCC(COP(=O)(O)OCC(O)COP(=O)(O)OCC(COC(=O)CCCCCCC/C=C\C/C=C\CCCCC)OC(=O)CCCCCCC/C=C\CCCCCCCC)OC(=O)CCCCCCC/C=C\C/C=C\CCC. The first kappa shape index (κ1) is 93.7. The van der Waals surface area contributed by atoms with E-state index in [4.69, 9.17) is 37.0 Å². The second kappa shape index (κ2) is 71.1. The highest BCUT2D eigenvalue weighted by Gasteiger charge is 2.30. The fourth-order valence-corrected chi connectivity index (χ4v) is 11.4. The van der Waals surface area contributed by atoms with Gasteiger partial charge in [0.05, 0.1) is 26.4 Å². The van der Waals surface area contributed by atoms with Crippen molar-refractivity contribution in [2.75, 3.05) is 39.6 Å².